The van der Waals surface area contributed by atoms with Crippen LogP contribution < -0.4 is 0 Å². The molecule has 0 atom stereocenters. The Morgan fingerprint density at radius 2 is 2.08 bits per heavy atom. The van der Waals surface area contributed by atoms with Gasteiger partial charge in [0.25, 0.3) is 0 Å². The first-order chi connectivity index (χ1) is 6.38. The Balaban J connectivity index is 2.30. The number of amides is 1. The molecule has 0 heterocycles. The molecular formula is C10H18NO2. The number of hydrogen-bond donors (Lipinski definition) is 0. The van der Waals surface area contributed by atoms with Crippen molar-refractivity contribution >= 4 is 6.41 Å². The van der Waals surface area contributed by atoms with Crippen LogP contribution in [0.4, 0.5) is 0 Å². The molecule has 3 nitrogen and oxygen atoms in total. The van der Waals surface area contributed by atoms with E-state index in [1.807, 2.05) is 6.41 Å². The summed E-state index contributed by atoms with van der Waals surface area (Å²) >= 11 is 0. The summed E-state index contributed by atoms with van der Waals surface area (Å²) in [6.45, 7) is 1.30. The van der Waals surface area contributed by atoms with Gasteiger partial charge in [-0.05, 0) is 12.8 Å². The molecule has 0 bridgehead atoms. The Morgan fingerprint density at radius 3 is 2.62 bits per heavy atom. The zero-order chi connectivity index (χ0) is 9.52. The van der Waals surface area contributed by atoms with Gasteiger partial charge in [0, 0.05) is 19.7 Å². The number of ether oxygens (including phenoxy) is 1. The van der Waals surface area contributed by atoms with Crippen molar-refractivity contribution in [1.29, 1.82) is 0 Å². The summed E-state index contributed by atoms with van der Waals surface area (Å²) < 4.78 is 4.94. The normalized spacial score (nSPS) is 18.5. The minimum Gasteiger partial charge on any atom is -0.383 e. The zero-order valence-corrected chi connectivity index (χ0v) is 8.29. The average molecular weight is 184 g/mol. The number of nitrogens with zero attached hydrogens (tertiary/aromatic N) is 1. The smallest absolute Gasteiger partial charge is 0.312 e. The summed E-state index contributed by atoms with van der Waals surface area (Å²) in [5, 5.41) is 0. The zero-order valence-electron chi connectivity index (χ0n) is 8.29. The van der Waals surface area contributed by atoms with Crippen molar-refractivity contribution in [3.05, 3.63) is 0 Å². The van der Waals surface area contributed by atoms with Gasteiger partial charge in [0.15, 0.2) is 0 Å². The van der Waals surface area contributed by atoms with Crippen LogP contribution in [0, 0.1) is 0 Å². The van der Waals surface area contributed by atoms with E-state index < -0.39 is 0 Å². The summed E-state index contributed by atoms with van der Waals surface area (Å²) in [7, 11) is 1.66. The maximum absolute atomic E-state index is 10.7. The number of methoxy groups -OCH3 is 1. The Hall–Kier alpha value is -0.570. The molecule has 1 aliphatic carbocycles. The molecule has 0 aromatic carbocycles. The predicted octanol–water partition coefficient (Wildman–Crippen LogP) is 1.33. The highest BCUT2D eigenvalue weighted by Gasteiger charge is 2.19. The lowest BCUT2D eigenvalue weighted by Crippen LogP contribution is -2.37. The predicted molar refractivity (Wildman–Crippen MR) is 51.1 cm³/mol. The molecule has 1 radical (unpaired) electrons. The van der Waals surface area contributed by atoms with Gasteiger partial charge < -0.3 is 9.64 Å². The Labute approximate surface area is 80.1 Å². The van der Waals surface area contributed by atoms with E-state index >= 15 is 0 Å². The summed E-state index contributed by atoms with van der Waals surface area (Å²) in [5.74, 6) is 0. The fraction of sp³-hybridized carbons (Fsp3) is 0.900. The van der Waals surface area contributed by atoms with Crippen molar-refractivity contribution < 1.29 is 9.53 Å². The van der Waals surface area contributed by atoms with E-state index in [0.29, 0.717) is 19.2 Å². The van der Waals surface area contributed by atoms with E-state index in [9.17, 15) is 4.79 Å². The fourth-order valence-corrected chi connectivity index (χ4v) is 1.89. The van der Waals surface area contributed by atoms with Gasteiger partial charge in [-0.1, -0.05) is 19.3 Å². The molecule has 0 N–H and O–H groups in total. The van der Waals surface area contributed by atoms with Gasteiger partial charge in [-0.15, -0.1) is 0 Å². The quantitative estimate of drug-likeness (QED) is 0.603. The number of rotatable bonds is 5. The standard InChI is InChI=1S/C10H18NO2/c1-13-8-7-11(9-12)10-5-3-2-4-6-10/h10H,2-8H2,1H3. The van der Waals surface area contributed by atoms with Crippen LogP contribution in [0.5, 0.6) is 0 Å². The Kier molecular flexibility index (Phi) is 4.83. The van der Waals surface area contributed by atoms with Crippen LogP contribution in [0.25, 0.3) is 0 Å². The largest absolute Gasteiger partial charge is 0.383 e. The lowest BCUT2D eigenvalue weighted by molar-refractivity contribution is 0.146. The van der Waals surface area contributed by atoms with E-state index in [1.54, 1.807) is 12.0 Å². The first kappa shape index (κ1) is 10.5. The van der Waals surface area contributed by atoms with Gasteiger partial charge in [0.2, 0.25) is 0 Å². The van der Waals surface area contributed by atoms with Crippen LogP contribution >= 0.6 is 0 Å². The number of carbonyl (C=O) groups excluding carboxylic acids is 1. The van der Waals surface area contributed by atoms with Crippen molar-refractivity contribution in [3.63, 3.8) is 0 Å². The molecule has 1 aliphatic rings. The molecular weight excluding hydrogens is 166 g/mol. The van der Waals surface area contributed by atoms with E-state index in [-0.39, 0.29) is 0 Å². The van der Waals surface area contributed by atoms with Crippen molar-refractivity contribution in [2.75, 3.05) is 20.3 Å². The van der Waals surface area contributed by atoms with Crippen LogP contribution in [-0.4, -0.2) is 37.6 Å². The molecule has 0 aromatic heterocycles. The highest BCUT2D eigenvalue weighted by Crippen LogP contribution is 2.21. The molecule has 1 saturated carbocycles. The molecule has 1 fully saturated rings. The molecule has 0 aromatic rings. The first-order valence-electron chi connectivity index (χ1n) is 5.02. The lowest BCUT2D eigenvalue weighted by Gasteiger charge is -2.30. The molecule has 1 amide bonds. The summed E-state index contributed by atoms with van der Waals surface area (Å²) in [6, 6.07) is 0.418. The van der Waals surface area contributed by atoms with E-state index in [4.69, 9.17) is 4.74 Å². The van der Waals surface area contributed by atoms with Crippen molar-refractivity contribution in [3.8, 4) is 0 Å². The highest BCUT2D eigenvalue weighted by molar-refractivity contribution is 5.48. The van der Waals surface area contributed by atoms with Crippen molar-refractivity contribution in [1.82, 2.24) is 4.90 Å². The van der Waals surface area contributed by atoms with Crippen LogP contribution in [0.1, 0.15) is 32.1 Å². The number of hydrogen-bond acceptors (Lipinski definition) is 2. The summed E-state index contributed by atoms with van der Waals surface area (Å²) in [5.41, 5.74) is 0. The third-order valence-corrected chi connectivity index (χ3v) is 2.67. The Morgan fingerprint density at radius 1 is 1.38 bits per heavy atom. The fourth-order valence-electron chi connectivity index (χ4n) is 1.89. The monoisotopic (exact) mass is 184 g/mol. The van der Waals surface area contributed by atoms with E-state index in [2.05, 4.69) is 0 Å². The minimum absolute atomic E-state index is 0.418. The summed E-state index contributed by atoms with van der Waals surface area (Å²) in [6.07, 6.45) is 8.09. The van der Waals surface area contributed by atoms with Gasteiger partial charge in [0.1, 0.15) is 0 Å². The molecule has 75 valence electrons. The van der Waals surface area contributed by atoms with Crippen LogP contribution in [0.2, 0.25) is 0 Å². The molecule has 0 spiro atoms. The molecule has 0 saturated heterocycles. The van der Waals surface area contributed by atoms with Gasteiger partial charge >= 0.3 is 6.41 Å². The molecule has 13 heavy (non-hydrogen) atoms. The van der Waals surface area contributed by atoms with Gasteiger partial charge in [-0.25, -0.2) is 0 Å². The van der Waals surface area contributed by atoms with Gasteiger partial charge in [-0.3, -0.25) is 4.79 Å². The minimum atomic E-state index is 0.418. The SMILES string of the molecule is COCCN([C]=O)C1CCCCC1. The van der Waals surface area contributed by atoms with E-state index in [1.165, 1.54) is 19.3 Å². The second-order valence-electron chi connectivity index (χ2n) is 3.57. The van der Waals surface area contributed by atoms with Gasteiger partial charge in [-0.2, -0.15) is 0 Å². The Bertz CT molecular complexity index is 144. The van der Waals surface area contributed by atoms with Crippen LogP contribution in [0.3, 0.4) is 0 Å². The van der Waals surface area contributed by atoms with Gasteiger partial charge in [0.05, 0.1) is 6.61 Å². The maximum Gasteiger partial charge on any atom is 0.312 e. The lowest BCUT2D eigenvalue weighted by atomic mass is 9.94. The second-order valence-corrected chi connectivity index (χ2v) is 3.57. The van der Waals surface area contributed by atoms with Crippen molar-refractivity contribution in [2.45, 2.75) is 38.1 Å². The molecule has 0 aliphatic heterocycles. The van der Waals surface area contributed by atoms with Crippen LogP contribution in [0.15, 0.2) is 0 Å². The third kappa shape index (κ3) is 3.35. The first-order valence-corrected chi connectivity index (χ1v) is 5.02. The summed E-state index contributed by atoms with van der Waals surface area (Å²) in [4.78, 5) is 12.4. The van der Waals surface area contributed by atoms with Crippen LogP contribution in [-0.2, 0) is 9.53 Å². The third-order valence-electron chi connectivity index (χ3n) is 2.67. The highest BCUT2D eigenvalue weighted by atomic mass is 16.5. The molecule has 1 rings (SSSR count). The molecule has 0 unspecified atom stereocenters. The molecule has 3 heteroatoms. The topological polar surface area (TPSA) is 29.5 Å². The second kappa shape index (κ2) is 5.97. The van der Waals surface area contributed by atoms with E-state index in [0.717, 1.165) is 12.8 Å². The maximum atomic E-state index is 10.7. The van der Waals surface area contributed by atoms with Crippen molar-refractivity contribution in [2.24, 2.45) is 0 Å². The average Bonchev–Trinajstić information content (AvgIpc) is 2.21.